The van der Waals surface area contributed by atoms with Gasteiger partial charge in [-0.25, -0.2) is 0 Å². The zero-order valence-electron chi connectivity index (χ0n) is 8.57. The molecule has 1 rings (SSSR count). The monoisotopic (exact) mass is 280 g/mol. The zero-order valence-corrected chi connectivity index (χ0v) is 11.1. The molecule has 82 valence electrons. The molecule has 0 aromatic carbocycles. The molecule has 14 heavy (non-hydrogen) atoms. The molecule has 0 heterocycles. The first-order valence-electron chi connectivity index (χ1n) is 4.93. The number of alkyl halides is 1. The van der Waals surface area contributed by atoms with Gasteiger partial charge in [0.25, 0.3) is 0 Å². The van der Waals surface area contributed by atoms with Crippen LogP contribution in [0.1, 0.15) is 19.8 Å². The normalized spacial score (nSPS) is 37.1. The minimum atomic E-state index is -0.103. The van der Waals surface area contributed by atoms with E-state index in [1.165, 1.54) is 7.11 Å². The smallest absolute Gasteiger partial charge is 0.309 e. The summed E-state index contributed by atoms with van der Waals surface area (Å²) in [4.78, 5) is 11.4. The van der Waals surface area contributed by atoms with E-state index >= 15 is 0 Å². The molecule has 1 fully saturated rings. The SMILES string of the molecule is COC(=O)C1CC(CCBr)C(C)C1S. The van der Waals surface area contributed by atoms with Gasteiger partial charge in [0.15, 0.2) is 0 Å². The Bertz CT molecular complexity index is 210. The summed E-state index contributed by atoms with van der Waals surface area (Å²) in [6.45, 7) is 2.17. The minimum absolute atomic E-state index is 0.0117. The molecule has 0 spiro atoms. The van der Waals surface area contributed by atoms with Crippen molar-refractivity contribution in [2.45, 2.75) is 25.0 Å². The molecule has 4 atom stereocenters. The molecule has 0 aromatic rings. The van der Waals surface area contributed by atoms with Gasteiger partial charge < -0.3 is 4.74 Å². The third kappa shape index (κ3) is 2.45. The molecule has 1 saturated carbocycles. The second-order valence-corrected chi connectivity index (χ2v) is 5.34. The molecular formula is C10H17BrO2S. The molecule has 0 aromatic heterocycles. The first-order valence-corrected chi connectivity index (χ1v) is 6.57. The lowest BCUT2D eigenvalue weighted by atomic mass is 9.95. The van der Waals surface area contributed by atoms with Crippen molar-refractivity contribution in [3.63, 3.8) is 0 Å². The Kier molecular flexibility index (Phi) is 4.77. The van der Waals surface area contributed by atoms with E-state index in [1.54, 1.807) is 0 Å². The van der Waals surface area contributed by atoms with Crippen LogP contribution in [0.3, 0.4) is 0 Å². The van der Waals surface area contributed by atoms with Crippen LogP contribution in [0.2, 0.25) is 0 Å². The number of carbonyl (C=O) groups excluding carboxylic acids is 1. The van der Waals surface area contributed by atoms with Crippen LogP contribution in [-0.4, -0.2) is 23.7 Å². The van der Waals surface area contributed by atoms with Crippen molar-refractivity contribution in [2.75, 3.05) is 12.4 Å². The van der Waals surface area contributed by atoms with Crippen LogP contribution < -0.4 is 0 Å². The molecule has 1 aliphatic carbocycles. The topological polar surface area (TPSA) is 26.3 Å². The number of rotatable bonds is 3. The van der Waals surface area contributed by atoms with Gasteiger partial charge >= 0.3 is 5.97 Å². The third-order valence-electron chi connectivity index (χ3n) is 3.24. The van der Waals surface area contributed by atoms with Crippen LogP contribution in [-0.2, 0) is 9.53 Å². The van der Waals surface area contributed by atoms with Gasteiger partial charge in [-0.05, 0) is 24.7 Å². The van der Waals surface area contributed by atoms with Crippen molar-refractivity contribution >= 4 is 34.5 Å². The maximum absolute atomic E-state index is 11.4. The van der Waals surface area contributed by atoms with Crippen LogP contribution >= 0.6 is 28.6 Å². The summed E-state index contributed by atoms with van der Waals surface area (Å²) in [6.07, 6.45) is 2.04. The number of carbonyl (C=O) groups is 1. The highest BCUT2D eigenvalue weighted by atomic mass is 79.9. The van der Waals surface area contributed by atoms with Gasteiger partial charge in [-0.2, -0.15) is 12.6 Å². The predicted octanol–water partition coefficient (Wildman–Crippen LogP) is 2.52. The fraction of sp³-hybridized carbons (Fsp3) is 0.900. The number of ether oxygens (including phenoxy) is 1. The molecule has 0 saturated heterocycles. The predicted molar refractivity (Wildman–Crippen MR) is 64.0 cm³/mol. The van der Waals surface area contributed by atoms with Crippen molar-refractivity contribution in [3.8, 4) is 0 Å². The molecule has 0 radical (unpaired) electrons. The summed E-state index contributed by atoms with van der Waals surface area (Å²) in [5, 5.41) is 1.16. The quantitative estimate of drug-likeness (QED) is 0.489. The Morgan fingerprint density at radius 1 is 1.64 bits per heavy atom. The maximum Gasteiger partial charge on any atom is 0.309 e. The summed E-state index contributed by atoms with van der Waals surface area (Å²) in [6, 6.07) is 0. The van der Waals surface area contributed by atoms with E-state index < -0.39 is 0 Å². The Morgan fingerprint density at radius 2 is 2.29 bits per heavy atom. The van der Waals surface area contributed by atoms with Gasteiger partial charge in [0.05, 0.1) is 13.0 Å². The number of halogens is 1. The van der Waals surface area contributed by atoms with Crippen molar-refractivity contribution in [1.82, 2.24) is 0 Å². The van der Waals surface area contributed by atoms with Gasteiger partial charge in [-0.3, -0.25) is 4.79 Å². The van der Waals surface area contributed by atoms with Crippen molar-refractivity contribution in [2.24, 2.45) is 17.8 Å². The number of hydrogen-bond donors (Lipinski definition) is 1. The zero-order chi connectivity index (χ0) is 10.7. The largest absolute Gasteiger partial charge is 0.469 e. The fourth-order valence-corrected chi connectivity index (χ4v) is 3.31. The maximum atomic E-state index is 11.4. The van der Waals surface area contributed by atoms with Gasteiger partial charge in [0.1, 0.15) is 0 Å². The summed E-state index contributed by atoms with van der Waals surface area (Å²) in [5.74, 6) is 0.984. The first-order chi connectivity index (χ1) is 6.61. The van der Waals surface area contributed by atoms with Crippen molar-refractivity contribution in [1.29, 1.82) is 0 Å². The van der Waals surface area contributed by atoms with E-state index in [1.807, 2.05) is 0 Å². The van der Waals surface area contributed by atoms with E-state index in [0.717, 1.165) is 18.2 Å². The average Bonchev–Trinajstić information content (AvgIpc) is 2.46. The van der Waals surface area contributed by atoms with E-state index in [4.69, 9.17) is 4.74 Å². The molecule has 2 nitrogen and oxygen atoms in total. The van der Waals surface area contributed by atoms with E-state index in [2.05, 4.69) is 35.5 Å². The Hall–Kier alpha value is 0.300. The molecule has 0 bridgehead atoms. The van der Waals surface area contributed by atoms with Crippen LogP contribution in [0.15, 0.2) is 0 Å². The molecule has 0 N–H and O–H groups in total. The molecule has 4 unspecified atom stereocenters. The molecular weight excluding hydrogens is 264 g/mol. The van der Waals surface area contributed by atoms with Crippen LogP contribution in [0.4, 0.5) is 0 Å². The van der Waals surface area contributed by atoms with Crippen molar-refractivity contribution < 1.29 is 9.53 Å². The Morgan fingerprint density at radius 3 is 2.79 bits per heavy atom. The van der Waals surface area contributed by atoms with E-state index in [9.17, 15) is 4.79 Å². The van der Waals surface area contributed by atoms with Crippen molar-refractivity contribution in [3.05, 3.63) is 0 Å². The molecule has 0 amide bonds. The molecule has 1 aliphatic rings. The lowest BCUT2D eigenvalue weighted by Gasteiger charge is -2.16. The minimum Gasteiger partial charge on any atom is -0.469 e. The Balaban J connectivity index is 2.61. The summed E-state index contributed by atoms with van der Waals surface area (Å²) in [5.41, 5.74) is 0. The van der Waals surface area contributed by atoms with Crippen LogP contribution in [0, 0.1) is 17.8 Å². The average molecular weight is 281 g/mol. The van der Waals surface area contributed by atoms with Gasteiger partial charge in [0, 0.05) is 10.6 Å². The number of methoxy groups -OCH3 is 1. The summed E-state index contributed by atoms with van der Waals surface area (Å²) < 4.78 is 4.78. The highest BCUT2D eigenvalue weighted by Gasteiger charge is 2.42. The van der Waals surface area contributed by atoms with E-state index in [0.29, 0.717) is 11.8 Å². The third-order valence-corrected chi connectivity index (χ3v) is 4.52. The summed E-state index contributed by atoms with van der Waals surface area (Å²) in [7, 11) is 1.45. The molecule has 0 aliphatic heterocycles. The van der Waals surface area contributed by atoms with Gasteiger partial charge in [-0.15, -0.1) is 0 Å². The lowest BCUT2D eigenvalue weighted by Crippen LogP contribution is -2.23. The second kappa shape index (κ2) is 5.40. The standard InChI is InChI=1S/C10H17BrO2S/c1-6-7(3-4-11)5-8(9(6)14)10(12)13-2/h6-9,14H,3-5H2,1-2H3. The first kappa shape index (κ1) is 12.4. The number of hydrogen-bond acceptors (Lipinski definition) is 3. The van der Waals surface area contributed by atoms with Gasteiger partial charge in [0.2, 0.25) is 0 Å². The lowest BCUT2D eigenvalue weighted by molar-refractivity contribution is -0.145. The summed E-state index contributed by atoms with van der Waals surface area (Å²) >= 11 is 7.95. The fourth-order valence-electron chi connectivity index (χ4n) is 2.23. The number of esters is 1. The van der Waals surface area contributed by atoms with Crippen LogP contribution in [0.25, 0.3) is 0 Å². The Labute approximate surface area is 99.3 Å². The molecule has 4 heteroatoms. The van der Waals surface area contributed by atoms with E-state index in [-0.39, 0.29) is 17.1 Å². The van der Waals surface area contributed by atoms with Crippen LogP contribution in [0.5, 0.6) is 0 Å². The second-order valence-electron chi connectivity index (χ2n) is 3.95. The highest BCUT2D eigenvalue weighted by Crippen LogP contribution is 2.42. The highest BCUT2D eigenvalue weighted by molar-refractivity contribution is 9.09. The van der Waals surface area contributed by atoms with Gasteiger partial charge in [-0.1, -0.05) is 22.9 Å². The number of thiol groups is 1.